The van der Waals surface area contributed by atoms with Crippen molar-refractivity contribution in [3.8, 4) is 0 Å². The first-order chi connectivity index (χ1) is 11.3. The fourth-order valence-corrected chi connectivity index (χ4v) is 2.23. The maximum absolute atomic E-state index is 11.7. The Morgan fingerprint density at radius 3 is 2.13 bits per heavy atom. The second kappa shape index (κ2) is 9.64. The van der Waals surface area contributed by atoms with Crippen LogP contribution in [0.2, 0.25) is 0 Å². The van der Waals surface area contributed by atoms with E-state index < -0.39 is 0 Å². The zero-order chi connectivity index (χ0) is 16.3. The van der Waals surface area contributed by atoms with Crippen LogP contribution in [0.5, 0.6) is 0 Å². The molecule has 0 atom stereocenters. The first-order valence-electron chi connectivity index (χ1n) is 8.03. The summed E-state index contributed by atoms with van der Waals surface area (Å²) in [5.74, 6) is -0.339. The minimum absolute atomic E-state index is 0.282. The molecule has 3 N–H and O–H groups in total. The highest BCUT2D eigenvalue weighted by atomic mass is 16.5. The molecule has 3 rings (SSSR count). The molecule has 4 heteroatoms. The molecule has 0 aliphatic carbocycles. The summed E-state index contributed by atoms with van der Waals surface area (Å²) in [6.07, 6.45) is 4.22. The largest absolute Gasteiger partial charge is 0.457 e. The van der Waals surface area contributed by atoms with E-state index in [0.717, 1.165) is 5.56 Å². The number of hydrogen-bond donors (Lipinski definition) is 2. The predicted molar refractivity (Wildman–Crippen MR) is 93.1 cm³/mol. The van der Waals surface area contributed by atoms with Crippen molar-refractivity contribution in [1.29, 1.82) is 0 Å². The molecule has 122 valence electrons. The van der Waals surface area contributed by atoms with Crippen molar-refractivity contribution in [2.75, 3.05) is 18.8 Å². The molecule has 0 saturated carbocycles. The van der Waals surface area contributed by atoms with Crippen molar-refractivity contribution in [2.45, 2.75) is 25.9 Å². The summed E-state index contributed by atoms with van der Waals surface area (Å²) in [4.78, 5) is 11.7. The van der Waals surface area contributed by atoms with Gasteiger partial charge in [-0.15, -0.1) is 0 Å². The quantitative estimate of drug-likeness (QED) is 0.673. The van der Waals surface area contributed by atoms with Crippen LogP contribution in [0.4, 0.5) is 5.69 Å². The third-order valence-electron chi connectivity index (χ3n) is 3.57. The Bertz CT molecular complexity index is 567. The number of rotatable bonds is 3. The van der Waals surface area contributed by atoms with Gasteiger partial charge < -0.3 is 15.8 Å². The number of carbonyl (C=O) groups is 1. The third kappa shape index (κ3) is 6.53. The standard InChI is InChI=1S/C14H13NO2.C5H11N/c15-13-8-6-12(7-9-13)14(16)17-10-11-4-2-1-3-5-11;1-2-4-6-5-3-1/h1-9H,10,15H2;6H,1-5H2. The number of piperidine rings is 1. The van der Waals surface area contributed by atoms with Crippen LogP contribution in [0, 0.1) is 0 Å². The number of hydrogen-bond acceptors (Lipinski definition) is 4. The third-order valence-corrected chi connectivity index (χ3v) is 3.57. The average molecular weight is 312 g/mol. The molecule has 1 heterocycles. The van der Waals surface area contributed by atoms with Gasteiger partial charge in [0.15, 0.2) is 0 Å². The molecular formula is C19H24N2O2. The molecule has 0 radical (unpaired) electrons. The van der Waals surface area contributed by atoms with E-state index in [1.807, 2.05) is 30.3 Å². The van der Waals surface area contributed by atoms with Gasteiger partial charge in [-0.25, -0.2) is 4.79 Å². The van der Waals surface area contributed by atoms with Gasteiger partial charge in [-0.2, -0.15) is 0 Å². The van der Waals surface area contributed by atoms with Crippen LogP contribution in [-0.4, -0.2) is 19.1 Å². The molecule has 1 aliphatic rings. The number of carbonyl (C=O) groups excluding carboxylic acids is 1. The number of nitrogens with one attached hydrogen (secondary N) is 1. The molecule has 1 aliphatic heterocycles. The topological polar surface area (TPSA) is 64.3 Å². The molecule has 0 bridgehead atoms. The second-order valence-corrected chi connectivity index (χ2v) is 5.49. The first kappa shape index (κ1) is 17.0. The van der Waals surface area contributed by atoms with Gasteiger partial charge in [0, 0.05) is 5.69 Å². The monoisotopic (exact) mass is 312 g/mol. The van der Waals surface area contributed by atoms with Crippen LogP contribution in [0.3, 0.4) is 0 Å². The lowest BCUT2D eigenvalue weighted by molar-refractivity contribution is 0.0473. The number of nitrogens with two attached hydrogens (primary N) is 1. The maximum Gasteiger partial charge on any atom is 0.338 e. The van der Waals surface area contributed by atoms with Crippen LogP contribution in [0.15, 0.2) is 54.6 Å². The highest BCUT2D eigenvalue weighted by molar-refractivity contribution is 5.89. The van der Waals surface area contributed by atoms with Gasteiger partial charge in [0.25, 0.3) is 0 Å². The van der Waals surface area contributed by atoms with Crippen molar-refractivity contribution < 1.29 is 9.53 Å². The van der Waals surface area contributed by atoms with Crippen molar-refractivity contribution in [2.24, 2.45) is 0 Å². The summed E-state index contributed by atoms with van der Waals surface area (Å²) < 4.78 is 5.17. The maximum atomic E-state index is 11.7. The van der Waals surface area contributed by atoms with Gasteiger partial charge in [0.1, 0.15) is 6.61 Å². The molecule has 23 heavy (non-hydrogen) atoms. The van der Waals surface area contributed by atoms with Gasteiger partial charge in [-0.1, -0.05) is 36.8 Å². The molecule has 0 amide bonds. The normalized spacial score (nSPS) is 13.6. The van der Waals surface area contributed by atoms with Crippen molar-refractivity contribution in [1.82, 2.24) is 5.32 Å². The zero-order valence-corrected chi connectivity index (χ0v) is 13.3. The Morgan fingerprint density at radius 2 is 1.61 bits per heavy atom. The van der Waals surface area contributed by atoms with E-state index in [-0.39, 0.29) is 12.6 Å². The number of nitrogen functional groups attached to an aromatic ring is 1. The zero-order valence-electron chi connectivity index (χ0n) is 13.3. The van der Waals surface area contributed by atoms with Crippen molar-refractivity contribution in [3.05, 3.63) is 65.7 Å². The number of benzene rings is 2. The summed E-state index contributed by atoms with van der Waals surface area (Å²) in [6.45, 7) is 2.78. The Labute approximate surface area is 137 Å². The lowest BCUT2D eigenvalue weighted by Crippen LogP contribution is -2.21. The van der Waals surface area contributed by atoms with Crippen LogP contribution in [0.1, 0.15) is 35.2 Å². The molecule has 0 spiro atoms. The van der Waals surface area contributed by atoms with E-state index in [4.69, 9.17) is 10.5 Å². The molecule has 0 unspecified atom stereocenters. The summed E-state index contributed by atoms with van der Waals surface area (Å²) in [5, 5.41) is 3.28. The smallest absolute Gasteiger partial charge is 0.338 e. The van der Waals surface area contributed by atoms with E-state index >= 15 is 0 Å². The van der Waals surface area contributed by atoms with Gasteiger partial charge in [-0.05, 0) is 55.8 Å². The highest BCUT2D eigenvalue weighted by Gasteiger charge is 2.06. The molecule has 0 aromatic heterocycles. The summed E-state index contributed by atoms with van der Waals surface area (Å²) >= 11 is 0. The van der Waals surface area contributed by atoms with E-state index in [2.05, 4.69) is 5.32 Å². The predicted octanol–water partition coefficient (Wildman–Crippen LogP) is 3.39. The van der Waals surface area contributed by atoms with Crippen molar-refractivity contribution >= 4 is 11.7 Å². The van der Waals surface area contributed by atoms with E-state index in [0.29, 0.717) is 11.3 Å². The SMILES string of the molecule is C1CCNCC1.Nc1ccc(C(=O)OCc2ccccc2)cc1. The van der Waals surface area contributed by atoms with Crippen LogP contribution in [0.25, 0.3) is 0 Å². The van der Waals surface area contributed by atoms with Crippen LogP contribution in [-0.2, 0) is 11.3 Å². The summed E-state index contributed by atoms with van der Waals surface area (Å²) in [6, 6.07) is 16.2. The molecule has 2 aromatic carbocycles. The first-order valence-corrected chi connectivity index (χ1v) is 8.03. The van der Waals surface area contributed by atoms with Gasteiger partial charge >= 0.3 is 5.97 Å². The molecule has 4 nitrogen and oxygen atoms in total. The summed E-state index contributed by atoms with van der Waals surface area (Å²) in [5.41, 5.74) is 7.65. The highest BCUT2D eigenvalue weighted by Crippen LogP contribution is 2.08. The molecule has 1 saturated heterocycles. The average Bonchev–Trinajstić information content (AvgIpc) is 2.63. The Balaban J connectivity index is 0.000000268. The van der Waals surface area contributed by atoms with Crippen LogP contribution >= 0.6 is 0 Å². The van der Waals surface area contributed by atoms with E-state index in [1.54, 1.807) is 24.3 Å². The van der Waals surface area contributed by atoms with Crippen LogP contribution < -0.4 is 11.1 Å². The lowest BCUT2D eigenvalue weighted by atomic mass is 10.2. The number of anilines is 1. The van der Waals surface area contributed by atoms with E-state index in [1.165, 1.54) is 32.4 Å². The molecule has 1 fully saturated rings. The van der Waals surface area contributed by atoms with Gasteiger partial charge in [-0.3, -0.25) is 0 Å². The van der Waals surface area contributed by atoms with Crippen molar-refractivity contribution in [3.63, 3.8) is 0 Å². The van der Waals surface area contributed by atoms with Gasteiger partial charge in [0.2, 0.25) is 0 Å². The molecular weight excluding hydrogens is 288 g/mol. The Kier molecular flexibility index (Phi) is 7.14. The fourth-order valence-electron chi connectivity index (χ4n) is 2.23. The number of esters is 1. The number of ether oxygens (including phenoxy) is 1. The van der Waals surface area contributed by atoms with Gasteiger partial charge in [0.05, 0.1) is 5.56 Å². The second-order valence-electron chi connectivity index (χ2n) is 5.49. The Morgan fingerprint density at radius 1 is 0.957 bits per heavy atom. The molecule has 2 aromatic rings. The summed E-state index contributed by atoms with van der Waals surface area (Å²) in [7, 11) is 0. The minimum atomic E-state index is -0.339. The fraction of sp³-hybridized carbons (Fsp3) is 0.316. The lowest BCUT2D eigenvalue weighted by Gasteiger charge is -2.08. The Hall–Kier alpha value is -2.33. The minimum Gasteiger partial charge on any atom is -0.457 e. The van der Waals surface area contributed by atoms with E-state index in [9.17, 15) is 4.79 Å².